The fourth-order valence-electron chi connectivity index (χ4n) is 4.34. The van der Waals surface area contributed by atoms with E-state index in [1.807, 2.05) is 23.0 Å². The Morgan fingerprint density at radius 3 is 2.68 bits per heavy atom. The van der Waals surface area contributed by atoms with Crippen molar-refractivity contribution in [2.75, 3.05) is 19.0 Å². The third-order valence-electron chi connectivity index (χ3n) is 6.45. The quantitative estimate of drug-likeness (QED) is 0.319. The standard InChI is InChI=1S/C29H31FN6O/c1-29(2,3)17-33-27-20(14-31)15-32-28-24(27)12-18(13-26(28)37-4)11-23(19-5-7-21(30)8-6-19)25-16-36(35-34-25)22-9-10-22/h5-8,12-13,15-16,22-23H,9-11,17H2,1-4H3,(H,32,33)/t23-/m1/s1/i23D. The lowest BCUT2D eigenvalue weighted by molar-refractivity contribution is 0.418. The molecule has 1 saturated carbocycles. The summed E-state index contributed by atoms with van der Waals surface area (Å²) in [5.41, 5.74) is 3.62. The third-order valence-corrected chi connectivity index (χ3v) is 6.45. The van der Waals surface area contributed by atoms with Crippen LogP contribution in [0.25, 0.3) is 10.9 Å². The summed E-state index contributed by atoms with van der Waals surface area (Å²) in [5, 5.41) is 22.7. The van der Waals surface area contributed by atoms with Gasteiger partial charge in [-0.15, -0.1) is 5.10 Å². The Kier molecular flexibility index (Phi) is 6.21. The first-order valence-electron chi connectivity index (χ1n) is 12.9. The monoisotopic (exact) mass is 499 g/mol. The maximum absolute atomic E-state index is 13.8. The summed E-state index contributed by atoms with van der Waals surface area (Å²) in [4.78, 5) is 4.52. The van der Waals surface area contributed by atoms with Crippen LogP contribution in [-0.4, -0.2) is 33.6 Å². The van der Waals surface area contributed by atoms with Crippen LogP contribution in [0.5, 0.6) is 5.75 Å². The average Bonchev–Trinajstić information content (AvgIpc) is 3.62. The molecule has 0 bridgehead atoms. The van der Waals surface area contributed by atoms with Gasteiger partial charge in [0.25, 0.3) is 0 Å². The zero-order valence-electron chi connectivity index (χ0n) is 22.5. The molecule has 5 rings (SSSR count). The minimum absolute atomic E-state index is 0.0175. The van der Waals surface area contributed by atoms with E-state index in [0.717, 1.165) is 23.8 Å². The summed E-state index contributed by atoms with van der Waals surface area (Å²) in [7, 11) is 1.58. The topological polar surface area (TPSA) is 88.6 Å². The molecule has 1 atom stereocenters. The van der Waals surface area contributed by atoms with Crippen molar-refractivity contribution in [1.29, 1.82) is 5.26 Å². The van der Waals surface area contributed by atoms with E-state index in [2.05, 4.69) is 47.5 Å². The Balaban J connectivity index is 1.64. The first kappa shape index (κ1) is 23.4. The molecule has 8 heteroatoms. The molecule has 0 radical (unpaired) electrons. The molecule has 0 amide bonds. The Hall–Kier alpha value is -3.99. The van der Waals surface area contributed by atoms with Gasteiger partial charge in [0, 0.05) is 31.6 Å². The third kappa shape index (κ3) is 5.41. The molecule has 1 N–H and O–H groups in total. The fourth-order valence-corrected chi connectivity index (χ4v) is 4.34. The molecule has 2 aromatic carbocycles. The highest BCUT2D eigenvalue weighted by Crippen LogP contribution is 2.38. The number of fused-ring (bicyclic) bond motifs is 1. The summed E-state index contributed by atoms with van der Waals surface area (Å²) >= 11 is 0. The Labute approximate surface area is 217 Å². The largest absolute Gasteiger partial charge is 0.494 e. The smallest absolute Gasteiger partial charge is 0.145 e. The van der Waals surface area contributed by atoms with E-state index in [-0.39, 0.29) is 17.7 Å². The van der Waals surface area contributed by atoms with Gasteiger partial charge in [-0.05, 0) is 60.1 Å². The molecular weight excluding hydrogens is 467 g/mol. The van der Waals surface area contributed by atoms with Crippen LogP contribution < -0.4 is 10.1 Å². The number of hydrogen-bond acceptors (Lipinski definition) is 6. The van der Waals surface area contributed by atoms with Crippen molar-refractivity contribution in [2.24, 2.45) is 5.41 Å². The molecule has 1 aliphatic rings. The molecule has 0 unspecified atom stereocenters. The Morgan fingerprint density at radius 2 is 2.03 bits per heavy atom. The van der Waals surface area contributed by atoms with Gasteiger partial charge < -0.3 is 10.1 Å². The normalized spacial score (nSPS) is 15.6. The molecule has 7 nitrogen and oxygen atoms in total. The molecule has 37 heavy (non-hydrogen) atoms. The van der Waals surface area contributed by atoms with Gasteiger partial charge in [-0.2, -0.15) is 5.26 Å². The van der Waals surface area contributed by atoms with Crippen LogP contribution in [0, 0.1) is 22.6 Å². The first-order chi connectivity index (χ1) is 18.1. The van der Waals surface area contributed by atoms with Crippen molar-refractivity contribution in [3.63, 3.8) is 0 Å². The lowest BCUT2D eigenvalue weighted by atomic mass is 9.88. The van der Waals surface area contributed by atoms with Crippen molar-refractivity contribution < 1.29 is 10.5 Å². The van der Waals surface area contributed by atoms with E-state index >= 15 is 0 Å². The second kappa shape index (κ2) is 9.81. The number of pyridine rings is 1. The van der Waals surface area contributed by atoms with Gasteiger partial charge in [0.05, 0.1) is 30.1 Å². The Morgan fingerprint density at radius 1 is 1.27 bits per heavy atom. The summed E-state index contributed by atoms with van der Waals surface area (Å²) in [6, 6.07) is 12.4. The van der Waals surface area contributed by atoms with Gasteiger partial charge in [0.15, 0.2) is 0 Å². The number of rotatable bonds is 8. The maximum Gasteiger partial charge on any atom is 0.145 e. The van der Waals surface area contributed by atoms with Gasteiger partial charge in [0.2, 0.25) is 0 Å². The Bertz CT molecular complexity index is 1520. The predicted molar refractivity (Wildman–Crippen MR) is 141 cm³/mol. The highest BCUT2D eigenvalue weighted by Gasteiger charge is 2.27. The summed E-state index contributed by atoms with van der Waals surface area (Å²) in [6.45, 7) is 7.00. The summed E-state index contributed by atoms with van der Waals surface area (Å²) < 4.78 is 31.0. The van der Waals surface area contributed by atoms with Gasteiger partial charge in [-0.25, -0.2) is 9.07 Å². The SMILES string of the molecule is [2H][C@@](Cc1cc(OC)c2ncc(C#N)c(NCC(C)(C)C)c2c1)(c1ccc(F)cc1)c1cn(C2CC2)nn1. The van der Waals surface area contributed by atoms with Crippen molar-refractivity contribution in [2.45, 2.75) is 52.0 Å². The van der Waals surface area contributed by atoms with E-state index < -0.39 is 5.89 Å². The number of benzene rings is 2. The van der Waals surface area contributed by atoms with Crippen molar-refractivity contribution in [3.8, 4) is 11.8 Å². The van der Waals surface area contributed by atoms with Crippen LogP contribution in [0.4, 0.5) is 10.1 Å². The zero-order chi connectivity index (χ0) is 27.1. The minimum Gasteiger partial charge on any atom is -0.494 e. The van der Waals surface area contributed by atoms with Gasteiger partial charge in [-0.3, -0.25) is 4.98 Å². The fraction of sp³-hybridized carbons (Fsp3) is 0.379. The second-order valence-electron chi connectivity index (χ2n) is 10.7. The lowest BCUT2D eigenvalue weighted by Gasteiger charge is -2.22. The number of methoxy groups -OCH3 is 1. The molecule has 0 aliphatic heterocycles. The van der Waals surface area contributed by atoms with Gasteiger partial charge in [-0.1, -0.05) is 38.1 Å². The van der Waals surface area contributed by atoms with E-state index in [4.69, 9.17) is 4.74 Å². The van der Waals surface area contributed by atoms with E-state index in [1.165, 1.54) is 12.1 Å². The highest BCUT2D eigenvalue weighted by atomic mass is 19.1. The number of nitrogens with zero attached hydrogens (tertiary/aromatic N) is 5. The molecule has 190 valence electrons. The van der Waals surface area contributed by atoms with Crippen molar-refractivity contribution in [1.82, 2.24) is 20.0 Å². The molecule has 1 aliphatic carbocycles. The molecular formula is C29H31FN6O. The highest BCUT2D eigenvalue weighted by molar-refractivity contribution is 5.97. The van der Waals surface area contributed by atoms with E-state index in [0.29, 0.717) is 46.4 Å². The average molecular weight is 500 g/mol. The molecule has 0 spiro atoms. The number of ether oxygens (including phenoxy) is 1. The van der Waals surface area contributed by atoms with Crippen molar-refractivity contribution >= 4 is 16.6 Å². The lowest BCUT2D eigenvalue weighted by Crippen LogP contribution is -2.19. The van der Waals surface area contributed by atoms with Crippen LogP contribution >= 0.6 is 0 Å². The second-order valence-corrected chi connectivity index (χ2v) is 10.7. The predicted octanol–water partition coefficient (Wildman–Crippen LogP) is 6.01. The molecule has 2 aromatic heterocycles. The number of aromatic nitrogens is 4. The summed E-state index contributed by atoms with van der Waals surface area (Å²) in [6.07, 6.45) is 5.70. The number of nitriles is 1. The minimum atomic E-state index is -1.33. The molecule has 1 fully saturated rings. The number of anilines is 1. The van der Waals surface area contributed by atoms with Gasteiger partial charge >= 0.3 is 0 Å². The maximum atomic E-state index is 13.8. The van der Waals surface area contributed by atoms with Crippen LogP contribution in [0.2, 0.25) is 0 Å². The van der Waals surface area contributed by atoms with Crippen LogP contribution in [-0.2, 0) is 6.42 Å². The summed E-state index contributed by atoms with van der Waals surface area (Å²) in [5.74, 6) is -1.16. The van der Waals surface area contributed by atoms with Crippen molar-refractivity contribution in [3.05, 3.63) is 77.0 Å². The molecule has 0 saturated heterocycles. The number of halogens is 1. The molecule has 2 heterocycles. The van der Waals surface area contributed by atoms with E-state index in [9.17, 15) is 11.0 Å². The first-order valence-corrected chi connectivity index (χ1v) is 12.4. The van der Waals surface area contributed by atoms with Crippen LogP contribution in [0.1, 0.15) is 69.3 Å². The van der Waals surface area contributed by atoms with Crippen LogP contribution in [0.15, 0.2) is 48.8 Å². The zero-order valence-corrected chi connectivity index (χ0v) is 21.5. The van der Waals surface area contributed by atoms with E-state index in [1.54, 1.807) is 25.4 Å². The van der Waals surface area contributed by atoms with Crippen LogP contribution in [0.3, 0.4) is 0 Å². The number of nitrogens with one attached hydrogen (secondary N) is 1. The number of hydrogen-bond donors (Lipinski definition) is 1. The molecule has 4 aromatic rings. The van der Waals surface area contributed by atoms with Gasteiger partial charge in [0.1, 0.15) is 23.2 Å².